The molecule has 2 rings (SSSR count). The van der Waals surface area contributed by atoms with Crippen LogP contribution in [0, 0.1) is 5.41 Å². The average Bonchev–Trinajstić information content (AvgIpc) is 2.61. The summed E-state index contributed by atoms with van der Waals surface area (Å²) in [6, 6.07) is 10.9. The van der Waals surface area contributed by atoms with Crippen molar-refractivity contribution >= 4 is 11.8 Å². The Labute approximate surface area is 157 Å². The average molecular weight is 360 g/mol. The number of piperazine rings is 1. The number of benzene rings is 1. The fraction of sp³-hybridized carbons (Fsp3) is 0.619. The molecule has 5 nitrogen and oxygen atoms in total. The molecule has 26 heavy (non-hydrogen) atoms. The van der Waals surface area contributed by atoms with Crippen molar-refractivity contribution in [3.8, 4) is 0 Å². The first-order valence-corrected chi connectivity index (χ1v) is 9.65. The SMILES string of the molecule is CCC[C@H]1CN(C(=O)CNC(=O)C(C)(C)C)CCN1Cc1ccccc1. The molecule has 1 N–H and O–H groups in total. The molecule has 0 saturated carbocycles. The van der Waals surface area contributed by atoms with E-state index in [9.17, 15) is 9.59 Å². The molecule has 0 aliphatic carbocycles. The molecule has 144 valence electrons. The summed E-state index contributed by atoms with van der Waals surface area (Å²) in [7, 11) is 0. The van der Waals surface area contributed by atoms with E-state index in [2.05, 4.69) is 41.4 Å². The Kier molecular flexibility index (Phi) is 7.21. The monoisotopic (exact) mass is 359 g/mol. The molecule has 2 amide bonds. The first kappa shape index (κ1) is 20.4. The van der Waals surface area contributed by atoms with Crippen molar-refractivity contribution < 1.29 is 9.59 Å². The number of carbonyl (C=O) groups is 2. The van der Waals surface area contributed by atoms with Gasteiger partial charge in [-0.15, -0.1) is 0 Å². The summed E-state index contributed by atoms with van der Waals surface area (Å²) in [4.78, 5) is 28.9. The molecular weight excluding hydrogens is 326 g/mol. The van der Waals surface area contributed by atoms with E-state index in [0.717, 1.165) is 39.0 Å². The van der Waals surface area contributed by atoms with Gasteiger partial charge in [-0.25, -0.2) is 0 Å². The lowest BCUT2D eigenvalue weighted by Gasteiger charge is -2.41. The Bertz CT molecular complexity index is 595. The molecule has 0 spiro atoms. The number of nitrogens with one attached hydrogen (secondary N) is 1. The van der Waals surface area contributed by atoms with Crippen LogP contribution in [0.25, 0.3) is 0 Å². The summed E-state index contributed by atoms with van der Waals surface area (Å²) in [6.45, 7) is 11.1. The smallest absolute Gasteiger partial charge is 0.242 e. The van der Waals surface area contributed by atoms with E-state index in [1.54, 1.807) is 0 Å². The summed E-state index contributed by atoms with van der Waals surface area (Å²) in [6.07, 6.45) is 2.17. The molecule has 0 unspecified atom stereocenters. The normalized spacial score (nSPS) is 18.6. The molecule has 1 heterocycles. The van der Waals surface area contributed by atoms with Crippen LogP contribution in [0.2, 0.25) is 0 Å². The van der Waals surface area contributed by atoms with Gasteiger partial charge in [0.25, 0.3) is 0 Å². The summed E-state index contributed by atoms with van der Waals surface area (Å²) < 4.78 is 0. The van der Waals surface area contributed by atoms with Gasteiger partial charge in [0.15, 0.2) is 0 Å². The topological polar surface area (TPSA) is 52.7 Å². The van der Waals surface area contributed by atoms with Gasteiger partial charge < -0.3 is 10.2 Å². The maximum absolute atomic E-state index is 12.5. The maximum atomic E-state index is 12.5. The Morgan fingerprint density at radius 2 is 1.85 bits per heavy atom. The Balaban J connectivity index is 1.91. The molecule has 1 saturated heterocycles. The molecule has 1 aliphatic rings. The fourth-order valence-corrected chi connectivity index (χ4v) is 3.29. The van der Waals surface area contributed by atoms with Gasteiger partial charge in [-0.05, 0) is 12.0 Å². The van der Waals surface area contributed by atoms with Gasteiger partial charge in [0.05, 0.1) is 6.54 Å². The minimum Gasteiger partial charge on any atom is -0.347 e. The fourth-order valence-electron chi connectivity index (χ4n) is 3.29. The second-order valence-corrected chi connectivity index (χ2v) is 8.17. The minimum absolute atomic E-state index is 0.0167. The first-order valence-electron chi connectivity index (χ1n) is 9.65. The van der Waals surface area contributed by atoms with Gasteiger partial charge >= 0.3 is 0 Å². The predicted molar refractivity (Wildman–Crippen MR) is 105 cm³/mol. The predicted octanol–water partition coefficient (Wildman–Crippen LogP) is 2.66. The van der Waals surface area contributed by atoms with Crippen molar-refractivity contribution in [2.24, 2.45) is 5.41 Å². The molecule has 1 aromatic carbocycles. The molecule has 0 bridgehead atoms. The van der Waals surface area contributed by atoms with Crippen molar-refractivity contribution in [2.45, 2.75) is 53.1 Å². The molecule has 0 aromatic heterocycles. The third-order valence-electron chi connectivity index (χ3n) is 4.89. The highest BCUT2D eigenvalue weighted by Crippen LogP contribution is 2.18. The number of amides is 2. The van der Waals surface area contributed by atoms with Crippen LogP contribution >= 0.6 is 0 Å². The lowest BCUT2D eigenvalue weighted by molar-refractivity contribution is -0.137. The lowest BCUT2D eigenvalue weighted by Crippen LogP contribution is -2.56. The second kappa shape index (κ2) is 9.17. The van der Waals surface area contributed by atoms with Gasteiger partial charge in [0, 0.05) is 37.6 Å². The van der Waals surface area contributed by atoms with Crippen LogP contribution in [0.5, 0.6) is 0 Å². The third-order valence-corrected chi connectivity index (χ3v) is 4.89. The lowest BCUT2D eigenvalue weighted by atomic mass is 9.96. The largest absolute Gasteiger partial charge is 0.347 e. The molecule has 0 radical (unpaired) electrons. The van der Waals surface area contributed by atoms with Crippen molar-refractivity contribution in [1.82, 2.24) is 15.1 Å². The van der Waals surface area contributed by atoms with Crippen LogP contribution in [0.15, 0.2) is 30.3 Å². The van der Waals surface area contributed by atoms with E-state index in [0.29, 0.717) is 6.04 Å². The molecule has 1 atom stereocenters. The van der Waals surface area contributed by atoms with E-state index >= 15 is 0 Å². The Hall–Kier alpha value is -1.88. The first-order chi connectivity index (χ1) is 12.3. The second-order valence-electron chi connectivity index (χ2n) is 8.17. The zero-order valence-electron chi connectivity index (χ0n) is 16.6. The molecular formula is C21H33N3O2. The van der Waals surface area contributed by atoms with E-state index in [1.165, 1.54) is 5.56 Å². The number of hydrogen-bond acceptors (Lipinski definition) is 3. The number of hydrogen-bond donors (Lipinski definition) is 1. The molecule has 1 fully saturated rings. The van der Waals surface area contributed by atoms with Crippen LogP contribution in [0.4, 0.5) is 0 Å². The Morgan fingerprint density at radius 1 is 1.15 bits per heavy atom. The van der Waals surface area contributed by atoms with Gasteiger partial charge in [0.1, 0.15) is 0 Å². The van der Waals surface area contributed by atoms with Crippen LogP contribution in [-0.4, -0.2) is 53.8 Å². The molecule has 1 aromatic rings. The zero-order chi connectivity index (χ0) is 19.2. The van der Waals surface area contributed by atoms with Crippen molar-refractivity contribution in [3.63, 3.8) is 0 Å². The molecule has 5 heteroatoms. The highest BCUT2D eigenvalue weighted by molar-refractivity contribution is 5.87. The summed E-state index contributed by atoms with van der Waals surface area (Å²) in [5.41, 5.74) is 0.838. The zero-order valence-corrected chi connectivity index (χ0v) is 16.6. The quantitative estimate of drug-likeness (QED) is 0.850. The van der Waals surface area contributed by atoms with Crippen molar-refractivity contribution in [3.05, 3.63) is 35.9 Å². The standard InChI is InChI=1S/C21H33N3O2/c1-5-9-18-16-24(19(25)14-22-20(26)21(2,3)4)13-12-23(18)15-17-10-7-6-8-11-17/h6-8,10-11,18H,5,9,12-16H2,1-4H3,(H,22,26)/t18-/m0/s1. The van der Waals surface area contributed by atoms with Gasteiger partial charge in [-0.1, -0.05) is 64.4 Å². The van der Waals surface area contributed by atoms with Gasteiger partial charge in [-0.2, -0.15) is 0 Å². The minimum atomic E-state index is -0.473. The van der Waals surface area contributed by atoms with Crippen LogP contribution in [-0.2, 0) is 16.1 Å². The van der Waals surface area contributed by atoms with Gasteiger partial charge in [-0.3, -0.25) is 14.5 Å². The van der Waals surface area contributed by atoms with E-state index < -0.39 is 5.41 Å². The summed E-state index contributed by atoms with van der Waals surface area (Å²) >= 11 is 0. The molecule has 1 aliphatic heterocycles. The van der Waals surface area contributed by atoms with Crippen molar-refractivity contribution in [2.75, 3.05) is 26.2 Å². The van der Waals surface area contributed by atoms with Crippen LogP contribution in [0.1, 0.15) is 46.1 Å². The Morgan fingerprint density at radius 3 is 2.46 bits per heavy atom. The van der Waals surface area contributed by atoms with Gasteiger partial charge in [0.2, 0.25) is 11.8 Å². The third kappa shape index (κ3) is 5.84. The van der Waals surface area contributed by atoms with Crippen LogP contribution < -0.4 is 5.32 Å². The van der Waals surface area contributed by atoms with E-state index in [-0.39, 0.29) is 18.4 Å². The van der Waals surface area contributed by atoms with E-state index in [1.807, 2.05) is 31.7 Å². The highest BCUT2D eigenvalue weighted by atomic mass is 16.2. The number of rotatable bonds is 6. The number of carbonyl (C=O) groups excluding carboxylic acids is 2. The van der Waals surface area contributed by atoms with Crippen LogP contribution in [0.3, 0.4) is 0 Å². The van der Waals surface area contributed by atoms with Crippen molar-refractivity contribution in [1.29, 1.82) is 0 Å². The summed E-state index contributed by atoms with van der Waals surface area (Å²) in [5.74, 6) is -0.0678. The summed E-state index contributed by atoms with van der Waals surface area (Å²) in [5, 5.41) is 2.77. The number of nitrogens with zero attached hydrogens (tertiary/aromatic N) is 2. The maximum Gasteiger partial charge on any atom is 0.242 e. The van der Waals surface area contributed by atoms with E-state index in [4.69, 9.17) is 0 Å². The highest BCUT2D eigenvalue weighted by Gasteiger charge is 2.29.